The Balaban J connectivity index is 2.63. The predicted molar refractivity (Wildman–Crippen MR) is 79.6 cm³/mol. The van der Waals surface area contributed by atoms with Crippen molar-refractivity contribution in [2.24, 2.45) is 13.0 Å². The van der Waals surface area contributed by atoms with Crippen LogP contribution in [-0.4, -0.2) is 19.3 Å². The van der Waals surface area contributed by atoms with Gasteiger partial charge in [0, 0.05) is 13.6 Å². The Bertz CT molecular complexity index is 566. The van der Waals surface area contributed by atoms with Gasteiger partial charge >= 0.3 is 0 Å². The first kappa shape index (κ1) is 14.4. The molecule has 0 aromatic carbocycles. The summed E-state index contributed by atoms with van der Waals surface area (Å²) < 4.78 is 4.17. The average Bonchev–Trinajstić information content (AvgIpc) is 2.79. The molecule has 0 spiro atoms. The fraction of sp³-hybridized carbons (Fsp3) is 0.714. The SMILES string of the molecule is CCCc1nn(C)c2c1nc(C(C)Cl)n2CC(C)C. The average molecular weight is 283 g/mol. The molecule has 0 aliphatic carbocycles. The van der Waals surface area contributed by atoms with Gasteiger partial charge in [-0.05, 0) is 19.3 Å². The molecular weight excluding hydrogens is 260 g/mol. The Morgan fingerprint density at radius 1 is 1.26 bits per heavy atom. The number of rotatable bonds is 5. The van der Waals surface area contributed by atoms with Gasteiger partial charge in [0.05, 0.1) is 11.1 Å². The van der Waals surface area contributed by atoms with Crippen molar-refractivity contribution >= 4 is 22.8 Å². The Hall–Kier alpha value is -1.03. The predicted octanol–water partition coefficient (Wildman–Crippen LogP) is 3.68. The maximum atomic E-state index is 6.29. The number of alkyl halides is 1. The van der Waals surface area contributed by atoms with Crippen LogP contribution in [0.15, 0.2) is 0 Å². The van der Waals surface area contributed by atoms with Crippen LogP contribution in [0.4, 0.5) is 0 Å². The topological polar surface area (TPSA) is 35.6 Å². The van der Waals surface area contributed by atoms with Crippen LogP contribution in [0.2, 0.25) is 0 Å². The van der Waals surface area contributed by atoms with Gasteiger partial charge in [0.2, 0.25) is 0 Å². The van der Waals surface area contributed by atoms with Crippen LogP contribution in [0.1, 0.15) is 51.0 Å². The van der Waals surface area contributed by atoms with Crippen LogP contribution in [0, 0.1) is 5.92 Å². The van der Waals surface area contributed by atoms with Crippen molar-refractivity contribution in [2.45, 2.75) is 52.5 Å². The molecule has 0 radical (unpaired) electrons. The van der Waals surface area contributed by atoms with E-state index in [4.69, 9.17) is 16.6 Å². The minimum atomic E-state index is -0.0828. The van der Waals surface area contributed by atoms with E-state index in [9.17, 15) is 0 Å². The standard InChI is InChI=1S/C14H23ClN4/c1-6-7-11-12-14(18(5)17-11)19(8-9(2)3)13(16-12)10(4)15/h9-10H,6-8H2,1-5H3. The van der Waals surface area contributed by atoms with Crippen LogP contribution in [0.25, 0.3) is 11.2 Å². The lowest BCUT2D eigenvalue weighted by Gasteiger charge is -2.13. The first-order valence-corrected chi connectivity index (χ1v) is 7.45. The Morgan fingerprint density at radius 2 is 1.95 bits per heavy atom. The summed E-state index contributed by atoms with van der Waals surface area (Å²) in [5.74, 6) is 1.51. The van der Waals surface area contributed by atoms with Crippen molar-refractivity contribution in [1.82, 2.24) is 19.3 Å². The molecule has 1 atom stereocenters. The first-order chi connectivity index (χ1) is 8.95. The van der Waals surface area contributed by atoms with Gasteiger partial charge in [0.25, 0.3) is 0 Å². The summed E-state index contributed by atoms with van der Waals surface area (Å²) in [6.07, 6.45) is 2.04. The molecule has 2 aromatic rings. The highest BCUT2D eigenvalue weighted by atomic mass is 35.5. The third-order valence-electron chi connectivity index (χ3n) is 3.21. The number of hydrogen-bond donors (Lipinski definition) is 0. The fourth-order valence-electron chi connectivity index (χ4n) is 2.51. The van der Waals surface area contributed by atoms with E-state index in [-0.39, 0.29) is 5.38 Å². The second kappa shape index (κ2) is 5.53. The molecule has 0 amide bonds. The van der Waals surface area contributed by atoms with Gasteiger partial charge in [-0.1, -0.05) is 27.2 Å². The van der Waals surface area contributed by atoms with E-state index in [1.165, 1.54) is 0 Å². The monoisotopic (exact) mass is 282 g/mol. The van der Waals surface area contributed by atoms with E-state index in [2.05, 4.69) is 30.4 Å². The largest absolute Gasteiger partial charge is 0.311 e. The zero-order chi connectivity index (χ0) is 14.2. The van der Waals surface area contributed by atoms with Crippen LogP contribution in [0.5, 0.6) is 0 Å². The summed E-state index contributed by atoms with van der Waals surface area (Å²) >= 11 is 6.29. The smallest absolute Gasteiger partial charge is 0.158 e. The number of aryl methyl sites for hydroxylation is 2. The Morgan fingerprint density at radius 3 is 2.47 bits per heavy atom. The number of hydrogen-bond acceptors (Lipinski definition) is 2. The van der Waals surface area contributed by atoms with E-state index in [0.29, 0.717) is 5.92 Å². The number of aromatic nitrogens is 4. The summed E-state index contributed by atoms with van der Waals surface area (Å²) in [7, 11) is 1.99. The minimum Gasteiger partial charge on any atom is -0.311 e. The molecule has 0 bridgehead atoms. The summed E-state index contributed by atoms with van der Waals surface area (Å²) in [4.78, 5) is 4.75. The fourth-order valence-corrected chi connectivity index (χ4v) is 2.68. The quantitative estimate of drug-likeness (QED) is 0.784. The molecular formula is C14H23ClN4. The highest BCUT2D eigenvalue weighted by Gasteiger charge is 2.21. The number of nitrogens with zero attached hydrogens (tertiary/aromatic N) is 4. The first-order valence-electron chi connectivity index (χ1n) is 7.01. The van der Waals surface area contributed by atoms with Crippen LogP contribution in [-0.2, 0) is 20.0 Å². The zero-order valence-corrected chi connectivity index (χ0v) is 13.2. The zero-order valence-electron chi connectivity index (χ0n) is 12.4. The molecule has 2 aromatic heterocycles. The van der Waals surface area contributed by atoms with Crippen molar-refractivity contribution in [3.05, 3.63) is 11.5 Å². The maximum absolute atomic E-state index is 6.29. The minimum absolute atomic E-state index is 0.0828. The lowest BCUT2D eigenvalue weighted by molar-refractivity contribution is 0.508. The van der Waals surface area contributed by atoms with Crippen molar-refractivity contribution in [1.29, 1.82) is 0 Å². The third-order valence-corrected chi connectivity index (χ3v) is 3.41. The molecule has 19 heavy (non-hydrogen) atoms. The molecule has 0 saturated heterocycles. The van der Waals surface area contributed by atoms with Gasteiger partial charge in [-0.3, -0.25) is 4.68 Å². The second-order valence-electron chi connectivity index (χ2n) is 5.58. The van der Waals surface area contributed by atoms with E-state index < -0.39 is 0 Å². The Kier molecular flexibility index (Phi) is 4.19. The number of halogens is 1. The molecule has 0 N–H and O–H groups in total. The second-order valence-corrected chi connectivity index (χ2v) is 6.24. The van der Waals surface area contributed by atoms with Gasteiger partial charge in [-0.2, -0.15) is 5.10 Å². The van der Waals surface area contributed by atoms with E-state index in [1.54, 1.807) is 0 Å². The molecule has 2 rings (SSSR count). The van der Waals surface area contributed by atoms with Gasteiger partial charge in [-0.25, -0.2) is 4.98 Å². The van der Waals surface area contributed by atoms with Gasteiger partial charge in [0.15, 0.2) is 5.65 Å². The van der Waals surface area contributed by atoms with E-state index in [1.807, 2.05) is 18.7 Å². The molecule has 0 fully saturated rings. The van der Waals surface area contributed by atoms with Crippen molar-refractivity contribution in [3.63, 3.8) is 0 Å². The van der Waals surface area contributed by atoms with Gasteiger partial charge in [-0.15, -0.1) is 11.6 Å². The molecule has 2 heterocycles. The van der Waals surface area contributed by atoms with Crippen molar-refractivity contribution in [2.75, 3.05) is 0 Å². The summed E-state index contributed by atoms with van der Waals surface area (Å²) in [5.41, 5.74) is 3.20. The van der Waals surface area contributed by atoms with Crippen molar-refractivity contribution in [3.8, 4) is 0 Å². The van der Waals surface area contributed by atoms with Crippen LogP contribution >= 0.6 is 11.6 Å². The van der Waals surface area contributed by atoms with E-state index in [0.717, 1.165) is 42.1 Å². The van der Waals surface area contributed by atoms with Gasteiger partial charge < -0.3 is 4.57 Å². The van der Waals surface area contributed by atoms with Gasteiger partial charge in [0.1, 0.15) is 11.3 Å². The normalized spacial score (nSPS) is 13.6. The Labute approximate surface area is 119 Å². The molecule has 0 aliphatic rings. The summed E-state index contributed by atoms with van der Waals surface area (Å²) in [5, 5.41) is 4.52. The summed E-state index contributed by atoms with van der Waals surface area (Å²) in [6, 6.07) is 0. The number of fused-ring (bicyclic) bond motifs is 1. The van der Waals surface area contributed by atoms with E-state index >= 15 is 0 Å². The molecule has 1 unspecified atom stereocenters. The molecule has 0 saturated carbocycles. The molecule has 5 heteroatoms. The van der Waals surface area contributed by atoms with Crippen molar-refractivity contribution < 1.29 is 0 Å². The molecule has 4 nitrogen and oxygen atoms in total. The third kappa shape index (κ3) is 2.64. The lowest BCUT2D eigenvalue weighted by atomic mass is 10.2. The lowest BCUT2D eigenvalue weighted by Crippen LogP contribution is -2.11. The molecule has 0 aliphatic heterocycles. The number of imidazole rings is 1. The molecule has 106 valence electrons. The van der Waals surface area contributed by atoms with Crippen LogP contribution < -0.4 is 0 Å². The summed E-state index contributed by atoms with van der Waals surface area (Å²) in [6.45, 7) is 9.48. The van der Waals surface area contributed by atoms with Crippen LogP contribution in [0.3, 0.4) is 0 Å². The highest BCUT2D eigenvalue weighted by Crippen LogP contribution is 2.27. The maximum Gasteiger partial charge on any atom is 0.158 e. The highest BCUT2D eigenvalue weighted by molar-refractivity contribution is 6.20.